The molecular weight excluding hydrogens is 539 g/mol. The predicted molar refractivity (Wildman–Crippen MR) is 140 cm³/mol. The number of esters is 1. The zero-order chi connectivity index (χ0) is 23.6. The first-order valence-corrected chi connectivity index (χ1v) is 12.1. The summed E-state index contributed by atoms with van der Waals surface area (Å²) in [5.74, 6) is 0.312. The number of hydrogen-bond donors (Lipinski definition) is 0. The molecule has 0 heterocycles. The second-order valence-electron chi connectivity index (χ2n) is 7.75. The van der Waals surface area contributed by atoms with Crippen molar-refractivity contribution in [3.05, 3.63) is 135 Å². The molecule has 0 amide bonds. The third-order valence-corrected chi connectivity index (χ3v) is 6.03. The maximum atomic E-state index is 13.1. The van der Waals surface area contributed by atoms with Crippen LogP contribution in [-0.2, 0) is 35.9 Å². The maximum Gasteiger partial charge on any atom is 0.339 e. The van der Waals surface area contributed by atoms with Gasteiger partial charge in [0.05, 0.1) is 18.8 Å². The zero-order valence-corrected chi connectivity index (χ0v) is 20.8. The Hall–Kier alpha value is -3.16. The van der Waals surface area contributed by atoms with Gasteiger partial charge in [-0.15, -0.1) is 0 Å². The molecule has 4 aromatic rings. The van der Waals surface area contributed by atoms with Crippen LogP contribution >= 0.6 is 22.6 Å². The highest BCUT2D eigenvalue weighted by Crippen LogP contribution is 2.27. The van der Waals surface area contributed by atoms with Crippen molar-refractivity contribution in [3.63, 3.8) is 0 Å². The lowest BCUT2D eigenvalue weighted by molar-refractivity contribution is 0.0462. The van der Waals surface area contributed by atoms with Gasteiger partial charge in [0, 0.05) is 3.57 Å². The fraction of sp³-hybridized carbons (Fsp3) is 0.138. The van der Waals surface area contributed by atoms with E-state index in [1.165, 1.54) is 0 Å². The molecule has 0 N–H and O–H groups in total. The van der Waals surface area contributed by atoms with Gasteiger partial charge in [0.25, 0.3) is 0 Å². The number of rotatable bonds is 10. The van der Waals surface area contributed by atoms with Gasteiger partial charge < -0.3 is 14.2 Å². The molecule has 0 atom stereocenters. The Bertz CT molecular complexity index is 1200. The third kappa shape index (κ3) is 6.92. The summed E-state index contributed by atoms with van der Waals surface area (Å²) in [5, 5.41) is 0. The van der Waals surface area contributed by atoms with E-state index in [0.29, 0.717) is 24.5 Å². The number of ether oxygens (including phenoxy) is 3. The van der Waals surface area contributed by atoms with Crippen LogP contribution < -0.4 is 4.74 Å². The van der Waals surface area contributed by atoms with Gasteiger partial charge in [-0.25, -0.2) is 4.79 Å². The summed E-state index contributed by atoms with van der Waals surface area (Å²) in [5.41, 5.74) is 4.34. The second kappa shape index (κ2) is 12.3. The lowest BCUT2D eigenvalue weighted by Gasteiger charge is -2.15. The molecule has 0 fully saturated rings. The minimum atomic E-state index is -0.374. The fourth-order valence-electron chi connectivity index (χ4n) is 3.45. The molecule has 0 aromatic heterocycles. The summed E-state index contributed by atoms with van der Waals surface area (Å²) in [6.07, 6.45) is 0. The number of carbonyl (C=O) groups excluding carboxylic acids is 1. The molecule has 5 heteroatoms. The van der Waals surface area contributed by atoms with Crippen molar-refractivity contribution in [1.82, 2.24) is 0 Å². The summed E-state index contributed by atoms with van der Waals surface area (Å²) >= 11 is 2.16. The van der Waals surface area contributed by atoms with E-state index >= 15 is 0 Å². The first-order chi connectivity index (χ1) is 16.7. The van der Waals surface area contributed by atoms with Crippen LogP contribution in [0.4, 0.5) is 0 Å². The van der Waals surface area contributed by atoms with E-state index in [0.717, 1.165) is 25.8 Å². The lowest BCUT2D eigenvalue weighted by atomic mass is 10.1. The standard InChI is InChI=1S/C29H25IO4/c30-27-17-26(33-19-23-12-6-2-7-13-23)16-25(21-32-18-22-10-4-1-5-11-22)28(27)29(31)34-20-24-14-8-3-9-15-24/h1-17H,18-21H2. The Labute approximate surface area is 213 Å². The molecule has 34 heavy (non-hydrogen) atoms. The Kier molecular flexibility index (Phi) is 8.71. The molecule has 0 aliphatic heterocycles. The number of halogens is 1. The average molecular weight is 564 g/mol. The van der Waals surface area contributed by atoms with Crippen molar-refractivity contribution < 1.29 is 19.0 Å². The molecule has 4 aromatic carbocycles. The molecule has 4 rings (SSSR count). The Morgan fingerprint density at radius 3 is 1.76 bits per heavy atom. The van der Waals surface area contributed by atoms with E-state index in [2.05, 4.69) is 22.6 Å². The predicted octanol–water partition coefficient (Wildman–Crippen LogP) is 6.94. The van der Waals surface area contributed by atoms with Crippen LogP contribution in [-0.4, -0.2) is 5.97 Å². The molecule has 0 unspecified atom stereocenters. The van der Waals surface area contributed by atoms with Crippen LogP contribution in [0.5, 0.6) is 5.75 Å². The fourth-order valence-corrected chi connectivity index (χ4v) is 4.32. The van der Waals surface area contributed by atoms with E-state index < -0.39 is 0 Å². The van der Waals surface area contributed by atoms with Gasteiger partial charge in [0.2, 0.25) is 0 Å². The van der Waals surface area contributed by atoms with Crippen molar-refractivity contribution in [2.24, 2.45) is 0 Å². The number of hydrogen-bond acceptors (Lipinski definition) is 4. The summed E-state index contributed by atoms with van der Waals surface area (Å²) in [7, 11) is 0. The second-order valence-corrected chi connectivity index (χ2v) is 8.92. The molecule has 0 saturated heterocycles. The topological polar surface area (TPSA) is 44.8 Å². The molecule has 0 aliphatic rings. The van der Waals surface area contributed by atoms with Crippen molar-refractivity contribution in [3.8, 4) is 5.75 Å². The van der Waals surface area contributed by atoms with Crippen LogP contribution in [0.15, 0.2) is 103 Å². The smallest absolute Gasteiger partial charge is 0.339 e. The van der Waals surface area contributed by atoms with Gasteiger partial charge in [-0.1, -0.05) is 91.0 Å². The summed E-state index contributed by atoms with van der Waals surface area (Å²) in [4.78, 5) is 13.1. The molecule has 172 valence electrons. The first kappa shape index (κ1) is 24.0. The highest BCUT2D eigenvalue weighted by molar-refractivity contribution is 14.1. The Balaban J connectivity index is 1.51. The van der Waals surface area contributed by atoms with Gasteiger partial charge in [-0.2, -0.15) is 0 Å². The Morgan fingerprint density at radius 1 is 0.647 bits per heavy atom. The maximum absolute atomic E-state index is 13.1. The summed E-state index contributed by atoms with van der Waals surface area (Å²) in [6.45, 7) is 1.37. The largest absolute Gasteiger partial charge is 0.489 e. The number of benzene rings is 4. The van der Waals surface area contributed by atoms with Gasteiger partial charge in [0.15, 0.2) is 0 Å². The van der Waals surface area contributed by atoms with Gasteiger partial charge in [0.1, 0.15) is 19.0 Å². The molecule has 0 aliphatic carbocycles. The van der Waals surface area contributed by atoms with E-state index in [9.17, 15) is 4.79 Å². The first-order valence-electron chi connectivity index (χ1n) is 11.0. The minimum absolute atomic E-state index is 0.215. The minimum Gasteiger partial charge on any atom is -0.489 e. The van der Waals surface area contributed by atoms with E-state index in [1.807, 2.05) is 103 Å². The van der Waals surface area contributed by atoms with Crippen LogP contribution in [0.1, 0.15) is 32.6 Å². The van der Waals surface area contributed by atoms with Crippen molar-refractivity contribution >= 4 is 28.6 Å². The monoisotopic (exact) mass is 564 g/mol. The molecule has 0 bridgehead atoms. The molecule has 4 nitrogen and oxygen atoms in total. The van der Waals surface area contributed by atoms with Crippen LogP contribution in [0, 0.1) is 3.57 Å². The lowest BCUT2D eigenvalue weighted by Crippen LogP contribution is -2.12. The van der Waals surface area contributed by atoms with E-state index in [-0.39, 0.29) is 19.2 Å². The molecule has 0 radical (unpaired) electrons. The highest BCUT2D eigenvalue weighted by Gasteiger charge is 2.19. The average Bonchev–Trinajstić information content (AvgIpc) is 2.88. The number of carbonyl (C=O) groups is 1. The van der Waals surface area contributed by atoms with Crippen LogP contribution in [0.3, 0.4) is 0 Å². The third-order valence-electron chi connectivity index (χ3n) is 5.18. The van der Waals surface area contributed by atoms with E-state index in [4.69, 9.17) is 14.2 Å². The van der Waals surface area contributed by atoms with Crippen molar-refractivity contribution in [2.45, 2.75) is 26.4 Å². The van der Waals surface area contributed by atoms with E-state index in [1.54, 1.807) is 0 Å². The van der Waals surface area contributed by atoms with Crippen molar-refractivity contribution in [2.75, 3.05) is 0 Å². The quantitative estimate of drug-likeness (QED) is 0.155. The van der Waals surface area contributed by atoms with Gasteiger partial charge >= 0.3 is 5.97 Å². The molecule has 0 saturated carbocycles. The van der Waals surface area contributed by atoms with Crippen LogP contribution in [0.2, 0.25) is 0 Å². The van der Waals surface area contributed by atoms with Crippen LogP contribution in [0.25, 0.3) is 0 Å². The van der Waals surface area contributed by atoms with Gasteiger partial charge in [-0.05, 0) is 57.0 Å². The zero-order valence-electron chi connectivity index (χ0n) is 18.7. The molecule has 0 spiro atoms. The van der Waals surface area contributed by atoms with Gasteiger partial charge in [-0.3, -0.25) is 0 Å². The summed E-state index contributed by atoms with van der Waals surface area (Å²) < 4.78 is 18.4. The summed E-state index contributed by atoms with van der Waals surface area (Å²) in [6, 6.07) is 33.3. The highest BCUT2D eigenvalue weighted by atomic mass is 127. The normalized spacial score (nSPS) is 10.6. The SMILES string of the molecule is O=C(OCc1ccccc1)c1c(I)cc(OCc2ccccc2)cc1COCc1ccccc1. The van der Waals surface area contributed by atoms with Crippen molar-refractivity contribution in [1.29, 1.82) is 0 Å². The molecular formula is C29H25IO4. The Morgan fingerprint density at radius 2 is 1.18 bits per heavy atom.